The van der Waals surface area contributed by atoms with Gasteiger partial charge in [0.25, 0.3) is 5.91 Å². The molecule has 0 radical (unpaired) electrons. The van der Waals surface area contributed by atoms with Crippen LogP contribution in [-0.4, -0.2) is 17.6 Å². The zero-order chi connectivity index (χ0) is 9.84. The number of hydrogen-bond donors (Lipinski definition) is 2. The van der Waals surface area contributed by atoms with Gasteiger partial charge in [-0.1, -0.05) is 13.8 Å². The Morgan fingerprint density at radius 2 is 2.38 bits per heavy atom. The maximum absolute atomic E-state index is 11.2. The summed E-state index contributed by atoms with van der Waals surface area (Å²) in [4.78, 5) is 11.2. The Bertz CT molecular complexity index is 291. The van der Waals surface area contributed by atoms with Crippen LogP contribution in [0.3, 0.4) is 0 Å². The fourth-order valence-electron chi connectivity index (χ4n) is 0.829. The fourth-order valence-corrected chi connectivity index (χ4v) is 0.829. The summed E-state index contributed by atoms with van der Waals surface area (Å²) in [6, 6.07) is 1.29. The van der Waals surface area contributed by atoms with Crippen LogP contribution in [0.4, 0.5) is 0 Å². The molecule has 0 saturated carbocycles. The summed E-state index contributed by atoms with van der Waals surface area (Å²) in [6.45, 7) is 4.60. The highest BCUT2D eigenvalue weighted by Crippen LogP contribution is 2.12. The number of amides is 1. The van der Waals surface area contributed by atoms with Crippen molar-refractivity contribution in [1.29, 1.82) is 0 Å². The van der Waals surface area contributed by atoms with Gasteiger partial charge in [0.05, 0.1) is 0 Å². The number of furan rings is 1. The first-order chi connectivity index (χ1) is 6.09. The van der Waals surface area contributed by atoms with Crippen LogP contribution in [0.15, 0.2) is 16.7 Å². The second kappa shape index (κ2) is 3.98. The minimum Gasteiger partial charge on any atom is -0.505 e. The second-order valence-electron chi connectivity index (χ2n) is 3.27. The summed E-state index contributed by atoms with van der Waals surface area (Å²) in [5.74, 6) is 0.203. The van der Waals surface area contributed by atoms with E-state index < -0.39 is 0 Å². The first-order valence-electron chi connectivity index (χ1n) is 4.15. The number of carbonyl (C=O) groups is 1. The molecule has 72 valence electrons. The van der Waals surface area contributed by atoms with E-state index in [1.165, 1.54) is 6.07 Å². The van der Waals surface area contributed by atoms with Crippen LogP contribution in [0.5, 0.6) is 5.75 Å². The molecule has 0 unspecified atom stereocenters. The van der Waals surface area contributed by atoms with Gasteiger partial charge in [0.2, 0.25) is 0 Å². The molecule has 0 aromatic carbocycles. The van der Waals surface area contributed by atoms with Crippen LogP contribution < -0.4 is 5.32 Å². The Kier molecular flexibility index (Phi) is 2.95. The van der Waals surface area contributed by atoms with E-state index in [0.717, 1.165) is 6.26 Å². The Morgan fingerprint density at radius 3 is 2.85 bits per heavy atom. The molecule has 4 heteroatoms. The van der Waals surface area contributed by atoms with Gasteiger partial charge in [0.15, 0.2) is 11.5 Å². The van der Waals surface area contributed by atoms with Crippen molar-refractivity contribution in [2.75, 3.05) is 6.54 Å². The zero-order valence-electron chi connectivity index (χ0n) is 7.70. The third-order valence-electron chi connectivity index (χ3n) is 1.48. The number of nitrogens with one attached hydrogen (secondary N) is 1. The van der Waals surface area contributed by atoms with Crippen LogP contribution in [0.25, 0.3) is 0 Å². The van der Waals surface area contributed by atoms with E-state index in [-0.39, 0.29) is 17.4 Å². The van der Waals surface area contributed by atoms with Crippen molar-refractivity contribution in [2.45, 2.75) is 13.8 Å². The first-order valence-corrected chi connectivity index (χ1v) is 4.15. The lowest BCUT2D eigenvalue weighted by Crippen LogP contribution is -2.26. The van der Waals surface area contributed by atoms with Crippen molar-refractivity contribution in [3.05, 3.63) is 18.1 Å². The van der Waals surface area contributed by atoms with Crippen LogP contribution in [0.1, 0.15) is 24.4 Å². The maximum atomic E-state index is 11.2. The molecule has 0 aliphatic rings. The van der Waals surface area contributed by atoms with Crippen LogP contribution in [0, 0.1) is 5.92 Å². The molecular formula is C9H13NO3. The maximum Gasteiger partial charge on any atom is 0.287 e. The fraction of sp³-hybridized carbons (Fsp3) is 0.444. The smallest absolute Gasteiger partial charge is 0.287 e. The zero-order valence-corrected chi connectivity index (χ0v) is 7.70. The van der Waals surface area contributed by atoms with Crippen LogP contribution >= 0.6 is 0 Å². The molecule has 2 N–H and O–H groups in total. The predicted octanol–water partition coefficient (Wildman–Crippen LogP) is 1.37. The average Bonchev–Trinajstić information content (AvgIpc) is 2.47. The van der Waals surface area contributed by atoms with E-state index in [4.69, 9.17) is 9.52 Å². The summed E-state index contributed by atoms with van der Waals surface area (Å²) in [5, 5.41) is 11.6. The van der Waals surface area contributed by atoms with E-state index in [9.17, 15) is 4.79 Å². The highest BCUT2D eigenvalue weighted by molar-refractivity contribution is 5.91. The third-order valence-corrected chi connectivity index (χ3v) is 1.48. The van der Waals surface area contributed by atoms with Crippen molar-refractivity contribution >= 4 is 5.91 Å². The van der Waals surface area contributed by atoms with Crippen molar-refractivity contribution in [3.63, 3.8) is 0 Å². The SMILES string of the molecule is CC(C)CNC(=O)c1cc(O)co1. The number of aromatic hydroxyl groups is 1. The van der Waals surface area contributed by atoms with E-state index in [1.807, 2.05) is 13.8 Å². The molecule has 1 heterocycles. The molecule has 0 aliphatic heterocycles. The van der Waals surface area contributed by atoms with E-state index >= 15 is 0 Å². The van der Waals surface area contributed by atoms with Crippen LogP contribution in [-0.2, 0) is 0 Å². The molecule has 0 aliphatic carbocycles. The molecule has 0 saturated heterocycles. The summed E-state index contributed by atoms with van der Waals surface area (Å²) < 4.78 is 4.80. The Balaban J connectivity index is 2.49. The summed E-state index contributed by atoms with van der Waals surface area (Å²) >= 11 is 0. The predicted molar refractivity (Wildman–Crippen MR) is 47.5 cm³/mol. The number of carbonyl (C=O) groups excluding carboxylic acids is 1. The second-order valence-corrected chi connectivity index (χ2v) is 3.27. The molecule has 0 spiro atoms. The largest absolute Gasteiger partial charge is 0.505 e. The molecule has 1 aromatic heterocycles. The van der Waals surface area contributed by atoms with E-state index in [2.05, 4.69) is 5.32 Å². The van der Waals surface area contributed by atoms with Gasteiger partial charge >= 0.3 is 0 Å². The Labute approximate surface area is 76.6 Å². The highest BCUT2D eigenvalue weighted by Gasteiger charge is 2.10. The summed E-state index contributed by atoms with van der Waals surface area (Å²) in [6.07, 6.45) is 1.13. The van der Waals surface area contributed by atoms with Crippen molar-refractivity contribution in [2.24, 2.45) is 5.92 Å². The van der Waals surface area contributed by atoms with Gasteiger partial charge in [-0.05, 0) is 5.92 Å². The Hall–Kier alpha value is -1.45. The van der Waals surface area contributed by atoms with E-state index in [0.29, 0.717) is 12.5 Å². The molecular weight excluding hydrogens is 170 g/mol. The molecule has 0 bridgehead atoms. The monoisotopic (exact) mass is 183 g/mol. The molecule has 0 fully saturated rings. The van der Waals surface area contributed by atoms with Crippen molar-refractivity contribution in [1.82, 2.24) is 5.32 Å². The Morgan fingerprint density at radius 1 is 1.69 bits per heavy atom. The summed E-state index contributed by atoms with van der Waals surface area (Å²) in [5.41, 5.74) is 0. The standard InChI is InChI=1S/C9H13NO3/c1-6(2)4-10-9(12)8-3-7(11)5-13-8/h3,5-6,11H,4H2,1-2H3,(H,10,12). The average molecular weight is 183 g/mol. The lowest BCUT2D eigenvalue weighted by atomic mass is 10.2. The topological polar surface area (TPSA) is 62.5 Å². The number of hydrogen-bond acceptors (Lipinski definition) is 3. The highest BCUT2D eigenvalue weighted by atomic mass is 16.4. The molecule has 13 heavy (non-hydrogen) atoms. The minimum absolute atomic E-state index is 0.0327. The van der Waals surface area contributed by atoms with Gasteiger partial charge in [-0.2, -0.15) is 0 Å². The minimum atomic E-state index is -0.297. The van der Waals surface area contributed by atoms with Gasteiger partial charge < -0.3 is 14.8 Å². The lowest BCUT2D eigenvalue weighted by molar-refractivity contribution is 0.0921. The van der Waals surface area contributed by atoms with Gasteiger partial charge in [-0.25, -0.2) is 0 Å². The van der Waals surface area contributed by atoms with E-state index in [1.54, 1.807) is 0 Å². The lowest BCUT2D eigenvalue weighted by Gasteiger charge is -2.04. The van der Waals surface area contributed by atoms with Crippen molar-refractivity contribution in [3.8, 4) is 5.75 Å². The molecule has 1 amide bonds. The third kappa shape index (κ3) is 2.82. The molecule has 1 aromatic rings. The van der Waals surface area contributed by atoms with Gasteiger partial charge in [-0.15, -0.1) is 0 Å². The molecule has 4 nitrogen and oxygen atoms in total. The molecule has 0 atom stereocenters. The van der Waals surface area contributed by atoms with Gasteiger partial charge in [0.1, 0.15) is 6.26 Å². The quantitative estimate of drug-likeness (QED) is 0.744. The number of rotatable bonds is 3. The van der Waals surface area contributed by atoms with Crippen LogP contribution in [0.2, 0.25) is 0 Å². The normalized spacial score (nSPS) is 10.4. The summed E-state index contributed by atoms with van der Waals surface area (Å²) in [7, 11) is 0. The first kappa shape index (κ1) is 9.64. The molecule has 1 rings (SSSR count). The van der Waals surface area contributed by atoms with Gasteiger partial charge in [0, 0.05) is 12.6 Å². The van der Waals surface area contributed by atoms with Crippen molar-refractivity contribution < 1.29 is 14.3 Å². The van der Waals surface area contributed by atoms with Gasteiger partial charge in [-0.3, -0.25) is 4.79 Å².